The lowest BCUT2D eigenvalue weighted by molar-refractivity contribution is 0.256. The average Bonchev–Trinajstić information content (AvgIpc) is 2.68. The van der Waals surface area contributed by atoms with Gasteiger partial charge in [0.2, 0.25) is 0 Å². The summed E-state index contributed by atoms with van der Waals surface area (Å²) >= 11 is 0. The number of rotatable bonds is 4. The van der Waals surface area contributed by atoms with Crippen molar-refractivity contribution in [2.75, 3.05) is 10.2 Å². The van der Waals surface area contributed by atoms with E-state index >= 15 is 0 Å². The topological polar surface area (TPSA) is 56.1 Å². The van der Waals surface area contributed by atoms with E-state index in [2.05, 4.69) is 11.4 Å². The van der Waals surface area contributed by atoms with Crippen LogP contribution in [0.2, 0.25) is 0 Å². The fourth-order valence-corrected chi connectivity index (χ4v) is 2.53. The van der Waals surface area contributed by atoms with Crippen LogP contribution in [0.25, 0.3) is 0 Å². The van der Waals surface area contributed by atoms with Crippen molar-refractivity contribution >= 4 is 17.4 Å². The molecule has 0 aromatic heterocycles. The minimum absolute atomic E-state index is 0.280. The predicted octanol–water partition coefficient (Wildman–Crippen LogP) is 4.80. The molecule has 0 aliphatic carbocycles. The Bertz CT molecular complexity index is 886. The Morgan fingerprint density at radius 2 is 1.48 bits per heavy atom. The van der Waals surface area contributed by atoms with Gasteiger partial charge in [0.1, 0.15) is 6.07 Å². The van der Waals surface area contributed by atoms with Crippen LogP contribution in [0, 0.1) is 11.3 Å². The number of hydrogen-bond acceptors (Lipinski definition) is 2. The van der Waals surface area contributed by atoms with Crippen LogP contribution in [0.1, 0.15) is 11.1 Å². The standard InChI is InChI=1S/C21H17N3O/c22-15-18-11-7-8-14-20(18)23-21(25)24(19-12-5-2-6-13-19)16-17-9-3-1-4-10-17/h1-14H,16H2,(H,23,25). The number of amides is 2. The van der Waals surface area contributed by atoms with Gasteiger partial charge in [-0.05, 0) is 29.8 Å². The van der Waals surface area contributed by atoms with Crippen molar-refractivity contribution in [3.63, 3.8) is 0 Å². The number of nitriles is 1. The fraction of sp³-hybridized carbons (Fsp3) is 0.0476. The number of hydrogen-bond donors (Lipinski definition) is 1. The first kappa shape index (κ1) is 16.3. The first-order valence-electron chi connectivity index (χ1n) is 7.94. The number of urea groups is 1. The molecular weight excluding hydrogens is 310 g/mol. The van der Waals surface area contributed by atoms with Crippen LogP contribution in [0.4, 0.5) is 16.2 Å². The molecule has 0 saturated carbocycles. The molecule has 0 heterocycles. The molecule has 0 atom stereocenters. The molecule has 0 saturated heterocycles. The first-order valence-corrected chi connectivity index (χ1v) is 7.94. The van der Waals surface area contributed by atoms with Gasteiger partial charge in [0.05, 0.1) is 17.8 Å². The van der Waals surface area contributed by atoms with E-state index in [1.807, 2.05) is 60.7 Å². The van der Waals surface area contributed by atoms with Gasteiger partial charge in [-0.15, -0.1) is 0 Å². The molecule has 0 spiro atoms. The van der Waals surface area contributed by atoms with Gasteiger partial charge < -0.3 is 5.32 Å². The van der Waals surface area contributed by atoms with Gasteiger partial charge in [-0.2, -0.15) is 5.26 Å². The summed E-state index contributed by atoms with van der Waals surface area (Å²) in [6, 6.07) is 28.0. The van der Waals surface area contributed by atoms with Crippen LogP contribution in [0.3, 0.4) is 0 Å². The lowest BCUT2D eigenvalue weighted by atomic mass is 10.2. The maximum atomic E-state index is 12.9. The van der Waals surface area contributed by atoms with Crippen LogP contribution in [0.5, 0.6) is 0 Å². The second-order valence-corrected chi connectivity index (χ2v) is 5.49. The number of nitrogens with one attached hydrogen (secondary N) is 1. The van der Waals surface area contributed by atoms with Gasteiger partial charge in [0.15, 0.2) is 0 Å². The van der Waals surface area contributed by atoms with Gasteiger partial charge in [-0.1, -0.05) is 60.7 Å². The third-order valence-electron chi connectivity index (χ3n) is 3.79. The molecule has 3 rings (SSSR count). The van der Waals surface area contributed by atoms with Crippen molar-refractivity contribution < 1.29 is 4.79 Å². The van der Waals surface area contributed by atoms with E-state index in [9.17, 15) is 10.1 Å². The number of carbonyl (C=O) groups is 1. The van der Waals surface area contributed by atoms with Crippen molar-refractivity contribution in [1.82, 2.24) is 0 Å². The van der Waals surface area contributed by atoms with Gasteiger partial charge in [-0.3, -0.25) is 4.90 Å². The van der Waals surface area contributed by atoms with Crippen LogP contribution in [-0.2, 0) is 6.54 Å². The summed E-state index contributed by atoms with van der Waals surface area (Å²) in [5.74, 6) is 0. The highest BCUT2D eigenvalue weighted by atomic mass is 16.2. The van der Waals surface area contributed by atoms with Crippen LogP contribution in [-0.4, -0.2) is 6.03 Å². The van der Waals surface area contributed by atoms with Crippen LogP contribution < -0.4 is 10.2 Å². The van der Waals surface area contributed by atoms with Crippen molar-refractivity contribution in [2.24, 2.45) is 0 Å². The highest BCUT2D eigenvalue weighted by Gasteiger charge is 2.17. The Balaban J connectivity index is 1.88. The van der Waals surface area contributed by atoms with Gasteiger partial charge in [-0.25, -0.2) is 4.79 Å². The van der Waals surface area contributed by atoms with E-state index in [4.69, 9.17) is 0 Å². The Morgan fingerprint density at radius 3 is 2.16 bits per heavy atom. The Kier molecular flexibility index (Phi) is 5.08. The molecule has 122 valence electrons. The Hall–Kier alpha value is -3.58. The second kappa shape index (κ2) is 7.80. The van der Waals surface area contributed by atoms with E-state index in [0.717, 1.165) is 11.3 Å². The predicted molar refractivity (Wildman–Crippen MR) is 99.2 cm³/mol. The summed E-state index contributed by atoms with van der Waals surface area (Å²) in [4.78, 5) is 14.5. The monoisotopic (exact) mass is 327 g/mol. The highest BCUT2D eigenvalue weighted by molar-refractivity contribution is 6.02. The summed E-state index contributed by atoms with van der Waals surface area (Å²) in [6.07, 6.45) is 0. The number of benzene rings is 3. The average molecular weight is 327 g/mol. The number of carbonyl (C=O) groups excluding carboxylic acids is 1. The lowest BCUT2D eigenvalue weighted by Crippen LogP contribution is -2.34. The molecule has 0 bridgehead atoms. The molecule has 1 N–H and O–H groups in total. The molecule has 3 aromatic rings. The highest BCUT2D eigenvalue weighted by Crippen LogP contribution is 2.20. The minimum atomic E-state index is -0.280. The second-order valence-electron chi connectivity index (χ2n) is 5.49. The summed E-state index contributed by atoms with van der Waals surface area (Å²) in [5, 5.41) is 12.1. The molecule has 0 aliphatic heterocycles. The molecule has 4 nitrogen and oxygen atoms in total. The molecule has 0 unspecified atom stereocenters. The van der Waals surface area contributed by atoms with Crippen molar-refractivity contribution in [1.29, 1.82) is 5.26 Å². The van der Waals surface area contributed by atoms with Crippen LogP contribution in [0.15, 0.2) is 84.9 Å². The zero-order valence-electron chi connectivity index (χ0n) is 13.6. The molecule has 0 radical (unpaired) electrons. The smallest absolute Gasteiger partial charge is 0.306 e. The maximum Gasteiger partial charge on any atom is 0.326 e. The van der Waals surface area contributed by atoms with E-state index in [-0.39, 0.29) is 6.03 Å². The minimum Gasteiger partial charge on any atom is -0.306 e. The normalized spacial score (nSPS) is 9.88. The number of para-hydroxylation sites is 2. The van der Waals surface area contributed by atoms with Gasteiger partial charge >= 0.3 is 6.03 Å². The molecule has 3 aromatic carbocycles. The van der Waals surface area contributed by atoms with Gasteiger partial charge in [0.25, 0.3) is 0 Å². The van der Waals surface area contributed by atoms with Crippen molar-refractivity contribution in [2.45, 2.75) is 6.54 Å². The zero-order chi connectivity index (χ0) is 17.5. The zero-order valence-corrected chi connectivity index (χ0v) is 13.6. The van der Waals surface area contributed by atoms with Crippen molar-refractivity contribution in [3.8, 4) is 6.07 Å². The number of nitrogens with zero attached hydrogens (tertiary/aromatic N) is 2. The fourth-order valence-electron chi connectivity index (χ4n) is 2.53. The maximum absolute atomic E-state index is 12.9. The molecule has 4 heteroatoms. The first-order chi connectivity index (χ1) is 12.3. The number of anilines is 2. The summed E-state index contributed by atoms with van der Waals surface area (Å²) in [5.41, 5.74) is 2.75. The van der Waals surface area contributed by atoms with Crippen LogP contribution >= 0.6 is 0 Å². The molecule has 0 aliphatic rings. The Morgan fingerprint density at radius 1 is 0.880 bits per heavy atom. The molecule has 0 fully saturated rings. The van der Waals surface area contributed by atoms with E-state index in [0.29, 0.717) is 17.8 Å². The lowest BCUT2D eigenvalue weighted by Gasteiger charge is -2.23. The van der Waals surface area contributed by atoms with E-state index < -0.39 is 0 Å². The molecule has 2 amide bonds. The molecule has 25 heavy (non-hydrogen) atoms. The summed E-state index contributed by atoms with van der Waals surface area (Å²) < 4.78 is 0. The van der Waals surface area contributed by atoms with Crippen molar-refractivity contribution in [3.05, 3.63) is 96.1 Å². The van der Waals surface area contributed by atoms with Gasteiger partial charge in [0, 0.05) is 5.69 Å². The summed E-state index contributed by atoms with van der Waals surface area (Å²) in [6.45, 7) is 0.436. The van der Waals surface area contributed by atoms with E-state index in [1.165, 1.54) is 0 Å². The third kappa shape index (κ3) is 4.04. The molecular formula is C21H17N3O. The SMILES string of the molecule is N#Cc1ccccc1NC(=O)N(Cc1ccccc1)c1ccccc1. The van der Waals surface area contributed by atoms with E-state index in [1.54, 1.807) is 29.2 Å². The Labute approximate surface area is 147 Å². The third-order valence-corrected chi connectivity index (χ3v) is 3.79. The summed E-state index contributed by atoms with van der Waals surface area (Å²) in [7, 11) is 0. The largest absolute Gasteiger partial charge is 0.326 e. The quantitative estimate of drug-likeness (QED) is 0.748.